The molecule has 1 heterocycles. The van der Waals surface area contributed by atoms with Gasteiger partial charge in [-0.25, -0.2) is 0 Å². The van der Waals surface area contributed by atoms with Crippen molar-refractivity contribution >= 4 is 11.8 Å². The first kappa shape index (κ1) is 10.8. The van der Waals surface area contributed by atoms with Crippen molar-refractivity contribution in [2.75, 3.05) is 18.1 Å². The van der Waals surface area contributed by atoms with Crippen LogP contribution in [0.25, 0.3) is 0 Å². The van der Waals surface area contributed by atoms with Crippen molar-refractivity contribution < 1.29 is 0 Å². The van der Waals surface area contributed by atoms with E-state index >= 15 is 0 Å². The number of hydrogen-bond donors (Lipinski definition) is 1. The molecule has 0 bridgehead atoms. The number of thioether (sulfide) groups is 1. The molecule has 1 saturated heterocycles. The molecule has 0 aromatic rings. The van der Waals surface area contributed by atoms with E-state index in [2.05, 4.69) is 24.0 Å². The van der Waals surface area contributed by atoms with Gasteiger partial charge in [0.05, 0.1) is 0 Å². The van der Waals surface area contributed by atoms with Crippen LogP contribution >= 0.6 is 11.8 Å². The van der Waals surface area contributed by atoms with Crippen LogP contribution in [0.3, 0.4) is 0 Å². The van der Waals surface area contributed by atoms with Crippen molar-refractivity contribution in [1.82, 2.24) is 5.32 Å². The van der Waals surface area contributed by atoms with Crippen molar-refractivity contribution in [1.29, 1.82) is 0 Å². The first-order chi connectivity index (χ1) is 6.90. The third-order valence-corrected chi connectivity index (χ3v) is 5.03. The summed E-state index contributed by atoms with van der Waals surface area (Å²) in [5, 5.41) is 3.65. The topological polar surface area (TPSA) is 12.0 Å². The maximum Gasteiger partial charge on any atom is 0.0194 e. The molecule has 2 unspecified atom stereocenters. The summed E-state index contributed by atoms with van der Waals surface area (Å²) in [6.07, 6.45) is 7.53. The Balaban J connectivity index is 1.77. The van der Waals surface area contributed by atoms with Gasteiger partial charge < -0.3 is 5.32 Å². The molecule has 0 amide bonds. The summed E-state index contributed by atoms with van der Waals surface area (Å²) in [4.78, 5) is 0. The largest absolute Gasteiger partial charge is 0.313 e. The van der Waals surface area contributed by atoms with Gasteiger partial charge >= 0.3 is 0 Å². The Morgan fingerprint density at radius 2 is 2.00 bits per heavy atom. The lowest BCUT2D eigenvalue weighted by Crippen LogP contribution is -2.35. The van der Waals surface area contributed by atoms with Gasteiger partial charge in [0.1, 0.15) is 0 Å². The Hall–Kier alpha value is 0.310. The van der Waals surface area contributed by atoms with E-state index in [4.69, 9.17) is 0 Å². The van der Waals surface area contributed by atoms with Gasteiger partial charge in [0, 0.05) is 11.8 Å². The molecule has 1 saturated carbocycles. The molecule has 0 spiro atoms. The summed E-state index contributed by atoms with van der Waals surface area (Å²) < 4.78 is 0. The average molecular weight is 213 g/mol. The zero-order chi connectivity index (χ0) is 9.80. The SMILES string of the molecule is CCNC1CSCC1CC1CCCC1. The fourth-order valence-corrected chi connectivity index (χ4v) is 4.44. The van der Waals surface area contributed by atoms with Crippen molar-refractivity contribution in [3.8, 4) is 0 Å². The van der Waals surface area contributed by atoms with Gasteiger partial charge in [-0.2, -0.15) is 11.8 Å². The van der Waals surface area contributed by atoms with Gasteiger partial charge in [-0.05, 0) is 30.6 Å². The molecule has 0 aromatic heterocycles. The second-order valence-electron chi connectivity index (χ2n) is 4.85. The van der Waals surface area contributed by atoms with Gasteiger partial charge in [0.25, 0.3) is 0 Å². The normalized spacial score (nSPS) is 34.1. The molecule has 2 heteroatoms. The Morgan fingerprint density at radius 1 is 1.21 bits per heavy atom. The Morgan fingerprint density at radius 3 is 2.71 bits per heavy atom. The molecule has 2 rings (SSSR count). The third-order valence-electron chi connectivity index (χ3n) is 3.78. The molecule has 1 aliphatic carbocycles. The van der Waals surface area contributed by atoms with E-state index in [9.17, 15) is 0 Å². The maximum absolute atomic E-state index is 3.65. The monoisotopic (exact) mass is 213 g/mol. The molecule has 1 aliphatic heterocycles. The highest BCUT2D eigenvalue weighted by Gasteiger charge is 2.30. The van der Waals surface area contributed by atoms with Crippen LogP contribution in [0.15, 0.2) is 0 Å². The lowest BCUT2D eigenvalue weighted by Gasteiger charge is -2.22. The predicted molar refractivity (Wildman–Crippen MR) is 64.9 cm³/mol. The average Bonchev–Trinajstić information content (AvgIpc) is 2.80. The van der Waals surface area contributed by atoms with Gasteiger partial charge in [-0.1, -0.05) is 32.6 Å². The van der Waals surface area contributed by atoms with Crippen molar-refractivity contribution in [3.63, 3.8) is 0 Å². The van der Waals surface area contributed by atoms with E-state index in [1.165, 1.54) is 43.6 Å². The van der Waals surface area contributed by atoms with Crippen LogP contribution in [0.4, 0.5) is 0 Å². The summed E-state index contributed by atoms with van der Waals surface area (Å²) in [5.74, 6) is 4.81. The van der Waals surface area contributed by atoms with E-state index in [0.29, 0.717) is 0 Å². The van der Waals surface area contributed by atoms with Gasteiger partial charge in [-0.15, -0.1) is 0 Å². The molecule has 2 atom stereocenters. The lowest BCUT2D eigenvalue weighted by molar-refractivity contribution is 0.342. The van der Waals surface area contributed by atoms with Gasteiger partial charge in [0.2, 0.25) is 0 Å². The first-order valence-corrected chi connectivity index (χ1v) is 7.36. The second-order valence-corrected chi connectivity index (χ2v) is 5.92. The Labute approximate surface area is 92.4 Å². The fraction of sp³-hybridized carbons (Fsp3) is 1.00. The lowest BCUT2D eigenvalue weighted by atomic mass is 9.90. The minimum absolute atomic E-state index is 0.825. The fourth-order valence-electron chi connectivity index (χ4n) is 2.99. The summed E-state index contributed by atoms with van der Waals surface area (Å²) in [7, 11) is 0. The van der Waals surface area contributed by atoms with Crippen LogP contribution < -0.4 is 5.32 Å². The van der Waals surface area contributed by atoms with E-state index < -0.39 is 0 Å². The van der Waals surface area contributed by atoms with Crippen molar-refractivity contribution in [3.05, 3.63) is 0 Å². The summed E-state index contributed by atoms with van der Waals surface area (Å²) in [6, 6.07) is 0.825. The molecule has 1 N–H and O–H groups in total. The minimum Gasteiger partial charge on any atom is -0.313 e. The van der Waals surface area contributed by atoms with Crippen molar-refractivity contribution in [2.24, 2.45) is 11.8 Å². The number of hydrogen-bond acceptors (Lipinski definition) is 2. The molecule has 1 nitrogen and oxygen atoms in total. The first-order valence-electron chi connectivity index (χ1n) is 6.21. The summed E-state index contributed by atoms with van der Waals surface area (Å²) in [6.45, 7) is 3.38. The highest BCUT2D eigenvalue weighted by Crippen LogP contribution is 2.35. The van der Waals surface area contributed by atoms with Crippen LogP contribution in [-0.2, 0) is 0 Å². The molecule has 2 fully saturated rings. The molecule has 0 aromatic carbocycles. The molecular weight excluding hydrogens is 190 g/mol. The number of nitrogens with one attached hydrogen (secondary N) is 1. The quantitative estimate of drug-likeness (QED) is 0.770. The van der Waals surface area contributed by atoms with Crippen molar-refractivity contribution in [2.45, 2.75) is 45.1 Å². The Kier molecular flexibility index (Phi) is 4.18. The molecule has 0 radical (unpaired) electrons. The predicted octanol–water partition coefficient (Wildman–Crippen LogP) is 2.91. The Bertz CT molecular complexity index is 166. The minimum atomic E-state index is 0.825. The third kappa shape index (κ3) is 2.66. The molecule has 82 valence electrons. The van der Waals surface area contributed by atoms with Gasteiger partial charge in [0.15, 0.2) is 0 Å². The van der Waals surface area contributed by atoms with E-state index in [0.717, 1.165) is 24.4 Å². The van der Waals surface area contributed by atoms with Crippen LogP contribution in [0.5, 0.6) is 0 Å². The van der Waals surface area contributed by atoms with Gasteiger partial charge in [-0.3, -0.25) is 0 Å². The molecule has 2 aliphatic rings. The maximum atomic E-state index is 3.65. The summed E-state index contributed by atoms with van der Waals surface area (Å²) >= 11 is 2.15. The molecular formula is C12H23NS. The second kappa shape index (κ2) is 5.41. The van der Waals surface area contributed by atoms with E-state index in [-0.39, 0.29) is 0 Å². The molecule has 14 heavy (non-hydrogen) atoms. The zero-order valence-electron chi connectivity index (χ0n) is 9.30. The van der Waals surface area contributed by atoms with Crippen LogP contribution in [-0.4, -0.2) is 24.1 Å². The van der Waals surface area contributed by atoms with E-state index in [1.807, 2.05) is 0 Å². The van der Waals surface area contributed by atoms with E-state index in [1.54, 1.807) is 0 Å². The van der Waals surface area contributed by atoms with Crippen LogP contribution in [0, 0.1) is 11.8 Å². The van der Waals surface area contributed by atoms with Crippen LogP contribution in [0.2, 0.25) is 0 Å². The zero-order valence-corrected chi connectivity index (χ0v) is 10.1. The standard InChI is InChI=1S/C12H23NS/c1-2-13-12-9-14-8-11(12)7-10-5-3-4-6-10/h10-13H,2-9H2,1H3. The highest BCUT2D eigenvalue weighted by molar-refractivity contribution is 7.99. The smallest absolute Gasteiger partial charge is 0.0194 e. The summed E-state index contributed by atoms with van der Waals surface area (Å²) in [5.41, 5.74) is 0. The highest BCUT2D eigenvalue weighted by atomic mass is 32.2. The van der Waals surface area contributed by atoms with Crippen LogP contribution in [0.1, 0.15) is 39.0 Å². The number of rotatable bonds is 4.